The lowest BCUT2D eigenvalue weighted by molar-refractivity contribution is -0.133. The van der Waals surface area contributed by atoms with Crippen LogP contribution in [0.4, 0.5) is 0 Å². The fraction of sp³-hybridized carbons (Fsp3) is 0.923. The lowest BCUT2D eigenvalue weighted by Gasteiger charge is -2.33. The van der Waals surface area contributed by atoms with E-state index < -0.39 is 0 Å². The van der Waals surface area contributed by atoms with Crippen LogP contribution in [0.3, 0.4) is 0 Å². The molecule has 2 saturated heterocycles. The second-order valence-corrected chi connectivity index (χ2v) is 5.39. The van der Waals surface area contributed by atoms with Crippen LogP contribution in [0.15, 0.2) is 0 Å². The molecule has 2 aliphatic heterocycles. The number of piperidine rings is 2. The Hall–Kier alpha value is -0.610. The topological polar surface area (TPSA) is 49.6 Å². The smallest absolute Gasteiger partial charge is 0.222 e. The number of likely N-dealkylation sites (tertiary alicyclic amines) is 2. The first-order chi connectivity index (χ1) is 8.29. The molecule has 0 atom stereocenters. The van der Waals surface area contributed by atoms with E-state index in [2.05, 4.69) is 9.80 Å². The largest absolute Gasteiger partial charge is 0.343 e. The summed E-state index contributed by atoms with van der Waals surface area (Å²) in [6, 6.07) is 0. The standard InChI is InChI=1S/C13H25N3O/c14-11-15-8-4-12(5-9-15)10-13(17)16-6-2-1-3-7-16/h12H,1-11,14H2. The molecule has 2 heterocycles. The fourth-order valence-corrected chi connectivity index (χ4v) is 2.89. The number of nitrogens with zero attached hydrogens (tertiary/aromatic N) is 2. The Bertz CT molecular complexity index is 243. The third-order valence-corrected chi connectivity index (χ3v) is 4.14. The van der Waals surface area contributed by atoms with E-state index in [0.717, 1.165) is 45.4 Å². The molecule has 2 fully saturated rings. The number of rotatable bonds is 3. The van der Waals surface area contributed by atoms with E-state index in [1.165, 1.54) is 19.3 Å². The van der Waals surface area contributed by atoms with E-state index >= 15 is 0 Å². The molecule has 2 rings (SSSR count). The SMILES string of the molecule is NCN1CCC(CC(=O)N2CCCCC2)CC1. The second-order valence-electron chi connectivity index (χ2n) is 5.39. The first-order valence-corrected chi connectivity index (χ1v) is 7.00. The van der Waals surface area contributed by atoms with Crippen molar-refractivity contribution in [3.63, 3.8) is 0 Å². The lowest BCUT2D eigenvalue weighted by atomic mass is 9.93. The van der Waals surface area contributed by atoms with Crippen molar-refractivity contribution in [3.8, 4) is 0 Å². The van der Waals surface area contributed by atoms with Crippen molar-refractivity contribution in [1.29, 1.82) is 0 Å². The molecule has 0 spiro atoms. The summed E-state index contributed by atoms with van der Waals surface area (Å²) in [5.41, 5.74) is 5.62. The molecule has 0 saturated carbocycles. The predicted octanol–water partition coefficient (Wildman–Crippen LogP) is 1.02. The quantitative estimate of drug-likeness (QED) is 0.800. The highest BCUT2D eigenvalue weighted by molar-refractivity contribution is 5.76. The minimum atomic E-state index is 0.385. The first kappa shape index (κ1) is 12.8. The molecule has 4 heteroatoms. The van der Waals surface area contributed by atoms with Crippen LogP contribution in [0.25, 0.3) is 0 Å². The summed E-state index contributed by atoms with van der Waals surface area (Å²) in [7, 11) is 0. The molecule has 4 nitrogen and oxygen atoms in total. The van der Waals surface area contributed by atoms with E-state index in [1.54, 1.807) is 0 Å². The molecule has 98 valence electrons. The zero-order chi connectivity index (χ0) is 12.1. The number of hydrogen-bond donors (Lipinski definition) is 1. The van der Waals surface area contributed by atoms with Crippen LogP contribution in [0.5, 0.6) is 0 Å². The van der Waals surface area contributed by atoms with Crippen molar-refractivity contribution < 1.29 is 4.79 Å². The molecule has 17 heavy (non-hydrogen) atoms. The molecule has 2 aliphatic rings. The summed E-state index contributed by atoms with van der Waals surface area (Å²) in [6.45, 7) is 4.76. The van der Waals surface area contributed by atoms with Crippen LogP contribution in [-0.2, 0) is 4.79 Å². The Labute approximate surface area is 104 Å². The minimum Gasteiger partial charge on any atom is -0.343 e. The van der Waals surface area contributed by atoms with E-state index in [4.69, 9.17) is 5.73 Å². The van der Waals surface area contributed by atoms with Crippen molar-refractivity contribution in [2.24, 2.45) is 11.7 Å². The van der Waals surface area contributed by atoms with Crippen molar-refractivity contribution in [1.82, 2.24) is 9.80 Å². The molecule has 1 amide bonds. The molecule has 0 radical (unpaired) electrons. The molecule has 0 aliphatic carbocycles. The number of carbonyl (C=O) groups is 1. The maximum absolute atomic E-state index is 12.1. The normalized spacial score (nSPS) is 23.9. The molecule has 0 aromatic heterocycles. The summed E-state index contributed by atoms with van der Waals surface area (Å²) in [4.78, 5) is 16.4. The van der Waals surface area contributed by atoms with Crippen LogP contribution in [0.1, 0.15) is 38.5 Å². The summed E-state index contributed by atoms with van der Waals surface area (Å²) in [5.74, 6) is 0.975. The second kappa shape index (κ2) is 6.36. The van der Waals surface area contributed by atoms with Gasteiger partial charge in [0.05, 0.1) is 0 Å². The third kappa shape index (κ3) is 3.68. The molecule has 0 aromatic carbocycles. The number of carbonyl (C=O) groups excluding carboxylic acids is 1. The highest BCUT2D eigenvalue weighted by Gasteiger charge is 2.24. The molecular weight excluding hydrogens is 214 g/mol. The van der Waals surface area contributed by atoms with Gasteiger partial charge in [0, 0.05) is 26.2 Å². The van der Waals surface area contributed by atoms with E-state index in [-0.39, 0.29) is 0 Å². The average molecular weight is 239 g/mol. The Kier molecular flexibility index (Phi) is 4.80. The van der Waals surface area contributed by atoms with Gasteiger partial charge in [-0.05, 0) is 51.1 Å². The van der Waals surface area contributed by atoms with Crippen LogP contribution in [0, 0.1) is 5.92 Å². The average Bonchev–Trinajstić information content (AvgIpc) is 2.40. The first-order valence-electron chi connectivity index (χ1n) is 7.00. The summed E-state index contributed by atoms with van der Waals surface area (Å²) in [5, 5.41) is 0. The summed E-state index contributed by atoms with van der Waals surface area (Å²) < 4.78 is 0. The van der Waals surface area contributed by atoms with Crippen LogP contribution in [0.2, 0.25) is 0 Å². The number of nitrogens with two attached hydrogens (primary N) is 1. The van der Waals surface area contributed by atoms with Crippen molar-refractivity contribution in [2.45, 2.75) is 38.5 Å². The van der Waals surface area contributed by atoms with Gasteiger partial charge in [0.1, 0.15) is 0 Å². The Balaban J connectivity index is 1.71. The number of amides is 1. The maximum Gasteiger partial charge on any atom is 0.222 e. The number of hydrogen-bond acceptors (Lipinski definition) is 3. The molecule has 0 bridgehead atoms. The molecular formula is C13H25N3O. The molecule has 2 N–H and O–H groups in total. The summed E-state index contributed by atoms with van der Waals surface area (Å²) >= 11 is 0. The Morgan fingerprint density at radius 2 is 1.71 bits per heavy atom. The van der Waals surface area contributed by atoms with Gasteiger partial charge in [0.25, 0.3) is 0 Å². The summed E-state index contributed by atoms with van der Waals surface area (Å²) in [6.07, 6.45) is 6.71. The lowest BCUT2D eigenvalue weighted by Crippen LogP contribution is -2.40. The fourth-order valence-electron chi connectivity index (χ4n) is 2.89. The maximum atomic E-state index is 12.1. The third-order valence-electron chi connectivity index (χ3n) is 4.14. The van der Waals surface area contributed by atoms with Gasteiger partial charge >= 0.3 is 0 Å². The van der Waals surface area contributed by atoms with Gasteiger partial charge in [-0.3, -0.25) is 9.69 Å². The van der Waals surface area contributed by atoms with Gasteiger partial charge in [0.15, 0.2) is 0 Å². The monoisotopic (exact) mass is 239 g/mol. The highest BCUT2D eigenvalue weighted by atomic mass is 16.2. The van der Waals surface area contributed by atoms with Gasteiger partial charge in [0.2, 0.25) is 5.91 Å². The van der Waals surface area contributed by atoms with Gasteiger partial charge in [-0.2, -0.15) is 0 Å². The minimum absolute atomic E-state index is 0.385. The van der Waals surface area contributed by atoms with Gasteiger partial charge in [-0.25, -0.2) is 0 Å². The van der Waals surface area contributed by atoms with E-state index in [1.807, 2.05) is 0 Å². The zero-order valence-corrected chi connectivity index (χ0v) is 10.7. The van der Waals surface area contributed by atoms with Crippen molar-refractivity contribution in [3.05, 3.63) is 0 Å². The van der Waals surface area contributed by atoms with Crippen LogP contribution in [-0.4, -0.2) is 48.6 Å². The van der Waals surface area contributed by atoms with Gasteiger partial charge in [-0.15, -0.1) is 0 Å². The van der Waals surface area contributed by atoms with Crippen molar-refractivity contribution in [2.75, 3.05) is 32.8 Å². The zero-order valence-electron chi connectivity index (χ0n) is 10.7. The van der Waals surface area contributed by atoms with Crippen LogP contribution < -0.4 is 5.73 Å². The van der Waals surface area contributed by atoms with Crippen LogP contribution >= 0.6 is 0 Å². The molecule has 0 unspecified atom stereocenters. The van der Waals surface area contributed by atoms with Gasteiger partial charge in [-0.1, -0.05) is 0 Å². The predicted molar refractivity (Wildman–Crippen MR) is 68.4 cm³/mol. The Morgan fingerprint density at radius 3 is 2.29 bits per heavy atom. The van der Waals surface area contributed by atoms with E-state index in [0.29, 0.717) is 18.5 Å². The van der Waals surface area contributed by atoms with E-state index in [9.17, 15) is 4.79 Å². The Morgan fingerprint density at radius 1 is 1.06 bits per heavy atom. The van der Waals surface area contributed by atoms with Crippen molar-refractivity contribution >= 4 is 5.91 Å². The highest BCUT2D eigenvalue weighted by Crippen LogP contribution is 2.21. The molecule has 0 aromatic rings. The van der Waals surface area contributed by atoms with Gasteiger partial charge < -0.3 is 10.6 Å².